The average molecular weight is 519 g/mol. The molecule has 198 valence electrons. The first kappa shape index (κ1) is 25.8. The highest BCUT2D eigenvalue weighted by Crippen LogP contribution is 2.47. The molecule has 8 nitrogen and oxygen atoms in total. The molecule has 0 saturated carbocycles. The second kappa shape index (κ2) is 9.81. The van der Waals surface area contributed by atoms with Gasteiger partial charge in [0.2, 0.25) is 11.8 Å². The second-order valence-electron chi connectivity index (χ2n) is 10.6. The molecule has 0 radical (unpaired) electrons. The van der Waals surface area contributed by atoms with Crippen LogP contribution in [0.25, 0.3) is 11.1 Å². The highest BCUT2D eigenvalue weighted by atomic mass is 19.1. The first-order valence-corrected chi connectivity index (χ1v) is 12.7. The molecule has 2 amide bonds. The van der Waals surface area contributed by atoms with E-state index in [0.29, 0.717) is 23.2 Å². The van der Waals surface area contributed by atoms with Gasteiger partial charge in [0, 0.05) is 24.0 Å². The van der Waals surface area contributed by atoms with Gasteiger partial charge >= 0.3 is 0 Å². The molecule has 0 aliphatic carbocycles. The van der Waals surface area contributed by atoms with E-state index in [1.54, 1.807) is 23.2 Å². The number of nitrogens with zero attached hydrogens (tertiary/aromatic N) is 2. The Kier molecular flexibility index (Phi) is 6.66. The number of amides is 2. The molecule has 1 fully saturated rings. The molecule has 0 bridgehead atoms. The van der Waals surface area contributed by atoms with Gasteiger partial charge in [-0.3, -0.25) is 19.3 Å². The van der Waals surface area contributed by atoms with E-state index in [1.807, 2.05) is 38.1 Å². The van der Waals surface area contributed by atoms with Gasteiger partial charge in [-0.2, -0.15) is 0 Å². The number of aromatic nitrogens is 1. The number of nitrogens with one attached hydrogen (secondary N) is 1. The van der Waals surface area contributed by atoms with Crippen LogP contribution in [0.1, 0.15) is 38.3 Å². The fraction of sp³-hybridized carbons (Fsp3) is 0.345. The minimum absolute atomic E-state index is 0.0750. The van der Waals surface area contributed by atoms with Crippen molar-refractivity contribution in [1.29, 1.82) is 0 Å². The zero-order chi connectivity index (χ0) is 27.2. The maximum Gasteiger partial charge on any atom is 0.258 e. The van der Waals surface area contributed by atoms with Gasteiger partial charge in [0.15, 0.2) is 0 Å². The summed E-state index contributed by atoms with van der Waals surface area (Å²) in [6.07, 6.45) is 0.872. The lowest BCUT2D eigenvalue weighted by molar-refractivity contribution is -0.128. The van der Waals surface area contributed by atoms with Crippen LogP contribution in [0.4, 0.5) is 10.1 Å². The average Bonchev–Trinajstić information content (AvgIpc) is 3.42. The van der Waals surface area contributed by atoms with Crippen LogP contribution in [0.15, 0.2) is 71.7 Å². The quantitative estimate of drug-likeness (QED) is 0.445. The Hall–Kier alpha value is -3.82. The van der Waals surface area contributed by atoms with Gasteiger partial charge < -0.3 is 20.7 Å². The predicted octanol–water partition coefficient (Wildman–Crippen LogP) is 3.01. The van der Waals surface area contributed by atoms with Crippen molar-refractivity contribution in [3.8, 4) is 11.1 Å². The Balaban J connectivity index is 1.56. The van der Waals surface area contributed by atoms with Crippen molar-refractivity contribution in [3.63, 3.8) is 0 Å². The molecular formula is C29H31FN4O4. The van der Waals surface area contributed by atoms with Crippen LogP contribution in [-0.4, -0.2) is 45.2 Å². The van der Waals surface area contributed by atoms with Gasteiger partial charge in [0.1, 0.15) is 12.0 Å². The van der Waals surface area contributed by atoms with Gasteiger partial charge in [-0.15, -0.1) is 0 Å². The molecule has 1 saturated heterocycles. The monoisotopic (exact) mass is 518 g/mol. The fourth-order valence-electron chi connectivity index (χ4n) is 5.91. The van der Waals surface area contributed by atoms with Crippen LogP contribution in [0, 0.1) is 11.7 Å². The van der Waals surface area contributed by atoms with Gasteiger partial charge in [-0.25, -0.2) is 4.39 Å². The van der Waals surface area contributed by atoms with Crippen LogP contribution in [-0.2, 0) is 15.0 Å². The van der Waals surface area contributed by atoms with Crippen molar-refractivity contribution < 1.29 is 19.1 Å². The molecule has 3 heterocycles. The summed E-state index contributed by atoms with van der Waals surface area (Å²) in [7, 11) is 0. The minimum Gasteiger partial charge on any atom is -0.376 e. The van der Waals surface area contributed by atoms with Gasteiger partial charge in [0.05, 0.1) is 17.5 Å². The lowest BCUT2D eigenvalue weighted by atomic mass is 9.79. The van der Waals surface area contributed by atoms with Gasteiger partial charge in [-0.1, -0.05) is 44.2 Å². The number of rotatable bonds is 7. The van der Waals surface area contributed by atoms with E-state index in [9.17, 15) is 23.9 Å². The number of hydrogen-bond donors (Lipinski definition) is 3. The minimum atomic E-state index is -1.28. The lowest BCUT2D eigenvalue weighted by Crippen LogP contribution is -2.51. The summed E-state index contributed by atoms with van der Waals surface area (Å²) in [6.45, 7) is 4.03. The third-order valence-corrected chi connectivity index (χ3v) is 7.73. The Morgan fingerprint density at radius 1 is 1.13 bits per heavy atom. The number of carbonyl (C=O) groups is 2. The lowest BCUT2D eigenvalue weighted by Gasteiger charge is -2.35. The van der Waals surface area contributed by atoms with E-state index in [1.165, 1.54) is 28.8 Å². The Morgan fingerprint density at radius 3 is 2.53 bits per heavy atom. The number of benzene rings is 2. The summed E-state index contributed by atoms with van der Waals surface area (Å²) < 4.78 is 15.0. The molecule has 2 aromatic carbocycles. The van der Waals surface area contributed by atoms with E-state index in [-0.39, 0.29) is 30.3 Å². The maximum absolute atomic E-state index is 13.7. The molecule has 1 unspecified atom stereocenters. The van der Waals surface area contributed by atoms with Crippen LogP contribution in [0.5, 0.6) is 0 Å². The second-order valence-corrected chi connectivity index (χ2v) is 10.6. The summed E-state index contributed by atoms with van der Waals surface area (Å²) in [5.74, 6) is -1.20. The van der Waals surface area contributed by atoms with E-state index in [2.05, 4.69) is 5.32 Å². The number of pyridine rings is 1. The number of primary amides is 1. The van der Waals surface area contributed by atoms with Crippen molar-refractivity contribution in [3.05, 3.63) is 88.6 Å². The Labute approximate surface area is 219 Å². The largest absolute Gasteiger partial charge is 0.376 e. The number of anilines is 1. The molecule has 1 aromatic heterocycles. The highest BCUT2D eigenvalue weighted by molar-refractivity contribution is 6.07. The van der Waals surface area contributed by atoms with Gasteiger partial charge in [-0.05, 0) is 60.2 Å². The number of nitrogens with two attached hydrogens (primary N) is 1. The summed E-state index contributed by atoms with van der Waals surface area (Å²) in [5.41, 5.74) is 6.77. The Morgan fingerprint density at radius 2 is 1.84 bits per heavy atom. The van der Waals surface area contributed by atoms with Crippen LogP contribution < -0.4 is 16.6 Å². The third kappa shape index (κ3) is 4.31. The molecule has 2 aliphatic rings. The number of para-hydroxylation sites is 1. The SMILES string of the molecule is CC(C)C[C@@H](C(O)N1C[C@]2(C[C@H]1C(N)=O)C(=O)Nc1ccccc12)n1cccc(-c2ccc(F)cc2)c1=O. The van der Waals surface area contributed by atoms with Crippen molar-refractivity contribution >= 4 is 17.5 Å². The maximum atomic E-state index is 13.7. The summed E-state index contributed by atoms with van der Waals surface area (Å²) in [6, 6.07) is 14.7. The van der Waals surface area contributed by atoms with Crippen molar-refractivity contribution in [1.82, 2.24) is 9.47 Å². The van der Waals surface area contributed by atoms with E-state index >= 15 is 0 Å². The van der Waals surface area contributed by atoms with E-state index in [4.69, 9.17) is 5.73 Å². The topological polar surface area (TPSA) is 118 Å². The van der Waals surface area contributed by atoms with Crippen LogP contribution >= 0.6 is 0 Å². The molecule has 3 aromatic rings. The number of hydrogen-bond acceptors (Lipinski definition) is 5. The van der Waals surface area contributed by atoms with Crippen molar-refractivity contribution in [2.24, 2.45) is 11.7 Å². The number of aliphatic hydroxyl groups is 1. The highest BCUT2D eigenvalue weighted by Gasteiger charge is 2.57. The van der Waals surface area contributed by atoms with E-state index < -0.39 is 35.5 Å². The summed E-state index contributed by atoms with van der Waals surface area (Å²) in [5, 5.41) is 14.7. The molecule has 4 N–H and O–H groups in total. The van der Waals surface area contributed by atoms with Crippen LogP contribution in [0.3, 0.4) is 0 Å². The smallest absolute Gasteiger partial charge is 0.258 e. The zero-order valence-electron chi connectivity index (χ0n) is 21.3. The standard InChI is InChI=1S/C29H31FN4O4/c1-17(2)14-23(33-13-5-6-20(26(33)36)18-9-11-19(30)12-10-18)27(37)34-16-29(15-24(34)25(31)35)21-7-3-4-8-22(21)32-28(29)38/h3-13,17,23-24,27,37H,14-16H2,1-2H3,(H2,31,35)(H,32,38)/t23-,24-,27?,29-/m0/s1. The molecule has 9 heteroatoms. The number of carbonyl (C=O) groups excluding carboxylic acids is 2. The number of fused-ring (bicyclic) bond motifs is 2. The van der Waals surface area contributed by atoms with Crippen LogP contribution in [0.2, 0.25) is 0 Å². The number of likely N-dealkylation sites (tertiary alicyclic amines) is 1. The van der Waals surface area contributed by atoms with Crippen molar-refractivity contribution in [2.45, 2.75) is 50.4 Å². The molecule has 4 atom stereocenters. The molecule has 1 spiro atoms. The summed E-state index contributed by atoms with van der Waals surface area (Å²) >= 11 is 0. The molecule has 5 rings (SSSR count). The third-order valence-electron chi connectivity index (χ3n) is 7.73. The normalized spacial score (nSPS) is 22.4. The number of aliphatic hydroxyl groups excluding tert-OH is 1. The zero-order valence-corrected chi connectivity index (χ0v) is 21.3. The van der Waals surface area contributed by atoms with Gasteiger partial charge in [0.25, 0.3) is 5.56 Å². The first-order chi connectivity index (χ1) is 18.1. The summed E-state index contributed by atoms with van der Waals surface area (Å²) in [4.78, 5) is 41.1. The van der Waals surface area contributed by atoms with Crippen molar-refractivity contribution in [2.75, 3.05) is 11.9 Å². The Bertz CT molecular complexity index is 1440. The molecular weight excluding hydrogens is 487 g/mol. The molecule has 2 aliphatic heterocycles. The fourth-order valence-corrected chi connectivity index (χ4v) is 5.91. The first-order valence-electron chi connectivity index (χ1n) is 12.7. The molecule has 38 heavy (non-hydrogen) atoms. The predicted molar refractivity (Wildman–Crippen MR) is 142 cm³/mol. The van der Waals surface area contributed by atoms with E-state index in [0.717, 1.165) is 5.56 Å². The number of halogens is 1.